The van der Waals surface area contributed by atoms with Gasteiger partial charge in [-0.15, -0.1) is 11.3 Å². The molecule has 0 atom stereocenters. The first-order valence-corrected chi connectivity index (χ1v) is 9.15. The lowest BCUT2D eigenvalue weighted by molar-refractivity contribution is -0.136. The van der Waals surface area contributed by atoms with Gasteiger partial charge in [-0.25, -0.2) is 9.97 Å². The average molecular weight is 401 g/mol. The number of para-hydroxylation sites is 1. The van der Waals surface area contributed by atoms with Gasteiger partial charge in [0, 0.05) is 10.9 Å². The van der Waals surface area contributed by atoms with Crippen molar-refractivity contribution in [3.63, 3.8) is 0 Å². The molecule has 0 saturated heterocycles. The number of anilines is 2. The van der Waals surface area contributed by atoms with Crippen molar-refractivity contribution in [3.05, 3.63) is 65.8 Å². The molecule has 28 heavy (non-hydrogen) atoms. The smallest absolute Gasteiger partial charge is 0.418 e. The molecular formula is C20H14F3N3OS. The third-order valence-corrected chi connectivity index (χ3v) is 5.14. The van der Waals surface area contributed by atoms with Crippen LogP contribution in [0.2, 0.25) is 0 Å². The Bertz CT molecular complexity index is 1120. The van der Waals surface area contributed by atoms with Gasteiger partial charge in [0.15, 0.2) is 0 Å². The van der Waals surface area contributed by atoms with E-state index in [1.807, 2.05) is 29.6 Å². The quantitative estimate of drug-likeness (QED) is 0.447. The highest BCUT2D eigenvalue weighted by Crippen LogP contribution is 2.40. The van der Waals surface area contributed by atoms with Crippen LogP contribution in [0.15, 0.2) is 60.2 Å². The number of halogens is 3. The van der Waals surface area contributed by atoms with Gasteiger partial charge in [-0.1, -0.05) is 24.3 Å². The van der Waals surface area contributed by atoms with Gasteiger partial charge < -0.3 is 10.1 Å². The van der Waals surface area contributed by atoms with Gasteiger partial charge >= 0.3 is 6.18 Å². The number of thiophene rings is 1. The van der Waals surface area contributed by atoms with Crippen LogP contribution in [0.3, 0.4) is 0 Å². The van der Waals surface area contributed by atoms with E-state index in [0.717, 1.165) is 22.9 Å². The number of aromatic nitrogens is 2. The van der Waals surface area contributed by atoms with Crippen LogP contribution in [0, 0.1) is 0 Å². The number of nitrogens with one attached hydrogen (secondary N) is 1. The fraction of sp³-hybridized carbons (Fsp3) is 0.100. The van der Waals surface area contributed by atoms with Crippen LogP contribution in [0.4, 0.5) is 24.7 Å². The number of benzene rings is 2. The molecule has 4 rings (SSSR count). The van der Waals surface area contributed by atoms with Gasteiger partial charge in [-0.2, -0.15) is 13.2 Å². The van der Waals surface area contributed by atoms with Gasteiger partial charge in [0.2, 0.25) is 0 Å². The second kappa shape index (κ2) is 7.12. The second-order valence-electron chi connectivity index (χ2n) is 5.95. The van der Waals surface area contributed by atoms with Gasteiger partial charge in [-0.3, -0.25) is 0 Å². The first-order valence-electron chi connectivity index (χ1n) is 8.27. The summed E-state index contributed by atoms with van der Waals surface area (Å²) in [6.07, 6.45) is -3.13. The molecule has 0 aliphatic heterocycles. The van der Waals surface area contributed by atoms with Crippen LogP contribution in [-0.4, -0.2) is 17.1 Å². The van der Waals surface area contributed by atoms with Crippen molar-refractivity contribution >= 4 is 33.1 Å². The van der Waals surface area contributed by atoms with E-state index in [2.05, 4.69) is 15.3 Å². The zero-order valence-electron chi connectivity index (χ0n) is 14.6. The van der Waals surface area contributed by atoms with Crippen LogP contribution in [0.25, 0.3) is 21.3 Å². The Hall–Kier alpha value is -3.13. The first-order chi connectivity index (χ1) is 13.5. The summed E-state index contributed by atoms with van der Waals surface area (Å²) in [4.78, 5) is 9.15. The molecule has 4 nitrogen and oxygen atoms in total. The molecule has 0 fully saturated rings. The number of alkyl halides is 3. The maximum atomic E-state index is 13.3. The SMILES string of the molecule is COc1ccc(-c2csc3ncnc(Nc4ccccc4C(F)(F)F)c23)cc1. The first kappa shape index (κ1) is 18.2. The van der Waals surface area contributed by atoms with Crippen molar-refractivity contribution in [1.82, 2.24) is 9.97 Å². The van der Waals surface area contributed by atoms with Crippen LogP contribution >= 0.6 is 11.3 Å². The predicted molar refractivity (Wildman–Crippen MR) is 104 cm³/mol. The number of fused-ring (bicyclic) bond motifs is 1. The van der Waals surface area contributed by atoms with Crippen molar-refractivity contribution in [1.29, 1.82) is 0 Å². The third kappa shape index (κ3) is 3.38. The summed E-state index contributed by atoms with van der Waals surface area (Å²) >= 11 is 1.41. The van der Waals surface area contributed by atoms with E-state index < -0.39 is 11.7 Å². The molecular weight excluding hydrogens is 387 g/mol. The zero-order chi connectivity index (χ0) is 19.7. The molecule has 0 spiro atoms. The van der Waals surface area contributed by atoms with E-state index in [4.69, 9.17) is 4.74 Å². The second-order valence-corrected chi connectivity index (χ2v) is 6.81. The zero-order valence-corrected chi connectivity index (χ0v) is 15.4. The van der Waals surface area contributed by atoms with Crippen LogP contribution in [0.1, 0.15) is 5.56 Å². The van der Waals surface area contributed by atoms with Gasteiger partial charge in [0.25, 0.3) is 0 Å². The van der Waals surface area contributed by atoms with E-state index in [-0.39, 0.29) is 5.69 Å². The summed E-state index contributed by atoms with van der Waals surface area (Å²) in [6.45, 7) is 0. The Balaban J connectivity index is 1.82. The van der Waals surface area contributed by atoms with Crippen molar-refractivity contribution in [2.75, 3.05) is 12.4 Å². The Morgan fingerprint density at radius 1 is 1.00 bits per heavy atom. The largest absolute Gasteiger partial charge is 0.497 e. The molecule has 0 saturated carbocycles. The molecule has 4 aromatic rings. The Kier molecular flexibility index (Phi) is 4.64. The molecule has 0 radical (unpaired) electrons. The lowest BCUT2D eigenvalue weighted by Gasteiger charge is -2.14. The van der Waals surface area contributed by atoms with E-state index in [0.29, 0.717) is 16.0 Å². The van der Waals surface area contributed by atoms with Gasteiger partial charge in [0.05, 0.1) is 23.7 Å². The minimum Gasteiger partial charge on any atom is -0.497 e. The molecule has 8 heteroatoms. The van der Waals surface area contributed by atoms with Gasteiger partial charge in [0.1, 0.15) is 22.7 Å². The van der Waals surface area contributed by atoms with Crippen LogP contribution in [-0.2, 0) is 6.18 Å². The third-order valence-electron chi connectivity index (χ3n) is 4.26. The summed E-state index contributed by atoms with van der Waals surface area (Å²) in [7, 11) is 1.59. The highest BCUT2D eigenvalue weighted by molar-refractivity contribution is 7.17. The number of hydrogen-bond donors (Lipinski definition) is 1. The normalized spacial score (nSPS) is 11.6. The van der Waals surface area contributed by atoms with Crippen molar-refractivity contribution in [3.8, 4) is 16.9 Å². The molecule has 2 aromatic heterocycles. The number of ether oxygens (including phenoxy) is 1. The fourth-order valence-corrected chi connectivity index (χ4v) is 3.84. The van der Waals surface area contributed by atoms with E-state index >= 15 is 0 Å². The molecule has 0 aliphatic rings. The highest BCUT2D eigenvalue weighted by atomic mass is 32.1. The minimum atomic E-state index is -4.47. The van der Waals surface area contributed by atoms with Crippen molar-refractivity contribution in [2.24, 2.45) is 0 Å². The standard InChI is InChI=1S/C20H14F3N3OS/c1-27-13-8-6-12(7-9-13)14-10-28-19-17(14)18(24-11-25-19)26-16-5-3-2-4-15(16)20(21,22)23/h2-11H,1H3,(H,24,25,26). The molecule has 2 aromatic carbocycles. The Labute approximate surface area is 162 Å². The monoisotopic (exact) mass is 401 g/mol. The molecule has 0 aliphatic carbocycles. The highest BCUT2D eigenvalue weighted by Gasteiger charge is 2.33. The average Bonchev–Trinajstić information content (AvgIpc) is 3.13. The van der Waals surface area contributed by atoms with E-state index in [1.165, 1.54) is 29.8 Å². The molecule has 0 bridgehead atoms. The van der Waals surface area contributed by atoms with Crippen LogP contribution < -0.4 is 10.1 Å². The fourth-order valence-electron chi connectivity index (χ4n) is 2.92. The lowest BCUT2D eigenvalue weighted by Crippen LogP contribution is -2.09. The van der Waals surface area contributed by atoms with E-state index in [1.54, 1.807) is 13.2 Å². The molecule has 2 heterocycles. The van der Waals surface area contributed by atoms with Crippen molar-refractivity contribution < 1.29 is 17.9 Å². The van der Waals surface area contributed by atoms with Gasteiger partial charge in [-0.05, 0) is 29.8 Å². The number of rotatable bonds is 4. The molecule has 1 N–H and O–H groups in total. The molecule has 0 unspecified atom stereocenters. The Morgan fingerprint density at radius 2 is 1.75 bits per heavy atom. The Morgan fingerprint density at radius 3 is 2.46 bits per heavy atom. The molecule has 0 amide bonds. The summed E-state index contributed by atoms with van der Waals surface area (Å²) in [5, 5.41) is 5.45. The van der Waals surface area contributed by atoms with E-state index in [9.17, 15) is 13.2 Å². The summed E-state index contributed by atoms with van der Waals surface area (Å²) in [5.41, 5.74) is 0.939. The lowest BCUT2D eigenvalue weighted by atomic mass is 10.1. The maximum Gasteiger partial charge on any atom is 0.418 e. The maximum absolute atomic E-state index is 13.3. The topological polar surface area (TPSA) is 47.0 Å². The number of hydrogen-bond acceptors (Lipinski definition) is 5. The predicted octanol–water partition coefficient (Wildman–Crippen LogP) is 6.13. The summed E-state index contributed by atoms with van der Waals surface area (Å²) < 4.78 is 45.2. The molecule has 142 valence electrons. The number of methoxy groups -OCH3 is 1. The summed E-state index contributed by atoms with van der Waals surface area (Å²) in [6, 6.07) is 12.8. The minimum absolute atomic E-state index is 0.0538. The number of nitrogens with zero attached hydrogens (tertiary/aromatic N) is 2. The van der Waals surface area contributed by atoms with Crippen LogP contribution in [0.5, 0.6) is 5.75 Å². The summed E-state index contributed by atoms with van der Waals surface area (Å²) in [5.74, 6) is 1.05. The van der Waals surface area contributed by atoms with Crippen molar-refractivity contribution in [2.45, 2.75) is 6.18 Å².